The Morgan fingerprint density at radius 3 is 2.57 bits per heavy atom. The van der Waals surface area contributed by atoms with Gasteiger partial charge >= 0.3 is 0 Å². The van der Waals surface area contributed by atoms with Crippen LogP contribution in [-0.4, -0.2) is 21.1 Å². The van der Waals surface area contributed by atoms with Crippen molar-refractivity contribution < 1.29 is 14.0 Å². The molecule has 3 aromatic rings. The molecular formula is C21H13ClN2O3S3. The lowest BCUT2D eigenvalue weighted by Crippen LogP contribution is -2.44. The second-order valence-electron chi connectivity index (χ2n) is 6.04. The molecule has 9 heteroatoms. The van der Waals surface area contributed by atoms with E-state index in [4.69, 9.17) is 28.2 Å². The third-order valence-electron chi connectivity index (χ3n) is 3.95. The van der Waals surface area contributed by atoms with E-state index in [9.17, 15) is 9.59 Å². The van der Waals surface area contributed by atoms with Gasteiger partial charge in [0, 0.05) is 21.6 Å². The van der Waals surface area contributed by atoms with Crippen LogP contribution in [0.5, 0.6) is 0 Å². The largest absolute Gasteiger partial charge is 0.450 e. The highest BCUT2D eigenvalue weighted by molar-refractivity contribution is 8.26. The zero-order valence-corrected chi connectivity index (χ0v) is 18.4. The maximum absolute atomic E-state index is 12.7. The fourth-order valence-corrected chi connectivity index (χ4v) is 4.62. The highest BCUT2D eigenvalue weighted by atomic mass is 35.5. The van der Waals surface area contributed by atoms with Crippen molar-refractivity contribution in [3.05, 3.63) is 88.0 Å². The first-order chi connectivity index (χ1) is 14.5. The summed E-state index contributed by atoms with van der Waals surface area (Å²) in [5.41, 5.74) is 2.90. The van der Waals surface area contributed by atoms with E-state index in [0.717, 1.165) is 21.7 Å². The molecule has 1 saturated heterocycles. The van der Waals surface area contributed by atoms with Crippen molar-refractivity contribution in [2.45, 2.75) is 9.99 Å². The van der Waals surface area contributed by atoms with Crippen molar-refractivity contribution in [3.63, 3.8) is 0 Å². The molecule has 4 rings (SSSR count). The Morgan fingerprint density at radius 1 is 1.10 bits per heavy atom. The number of amides is 2. The summed E-state index contributed by atoms with van der Waals surface area (Å²) in [7, 11) is 0. The first kappa shape index (κ1) is 20.7. The second kappa shape index (κ2) is 9.09. The van der Waals surface area contributed by atoms with Crippen LogP contribution in [0, 0.1) is 0 Å². The molecule has 1 aromatic heterocycles. The molecule has 0 aliphatic carbocycles. The lowest BCUT2D eigenvalue weighted by molar-refractivity contribution is -0.123. The van der Waals surface area contributed by atoms with Gasteiger partial charge in [-0.25, -0.2) is 0 Å². The lowest BCUT2D eigenvalue weighted by atomic mass is 10.2. The van der Waals surface area contributed by atoms with E-state index in [0.29, 0.717) is 26.3 Å². The van der Waals surface area contributed by atoms with E-state index in [1.54, 1.807) is 36.4 Å². The Labute approximate surface area is 191 Å². The molecule has 1 fully saturated rings. The van der Waals surface area contributed by atoms with E-state index < -0.39 is 11.8 Å². The number of thioether (sulfide) groups is 1. The van der Waals surface area contributed by atoms with Crippen molar-refractivity contribution >= 4 is 69.6 Å². The normalized spacial score (nSPS) is 15.1. The highest BCUT2D eigenvalue weighted by Crippen LogP contribution is 2.34. The van der Waals surface area contributed by atoms with E-state index in [-0.39, 0.29) is 4.32 Å². The third-order valence-corrected chi connectivity index (χ3v) is 6.43. The summed E-state index contributed by atoms with van der Waals surface area (Å²) in [5, 5.41) is 2.29. The molecule has 0 spiro atoms. The number of halogens is 1. The average molecular weight is 473 g/mol. The quantitative estimate of drug-likeness (QED) is 0.383. The lowest BCUT2D eigenvalue weighted by Gasteiger charge is -2.15. The first-order valence-corrected chi connectivity index (χ1v) is 11.1. The molecule has 1 N–H and O–H groups in total. The molecule has 0 radical (unpaired) electrons. The van der Waals surface area contributed by atoms with Gasteiger partial charge < -0.3 is 4.42 Å². The zero-order chi connectivity index (χ0) is 21.1. The smallest absolute Gasteiger partial charge is 0.285 e. The Hall–Kier alpha value is -2.52. The van der Waals surface area contributed by atoms with Crippen molar-refractivity contribution in [1.29, 1.82) is 0 Å². The summed E-state index contributed by atoms with van der Waals surface area (Å²) in [5.74, 6) is -0.345. The minimum atomic E-state index is -0.455. The molecule has 2 heterocycles. The average Bonchev–Trinajstić information content (AvgIpc) is 3.28. The maximum atomic E-state index is 12.7. The van der Waals surface area contributed by atoms with Crippen LogP contribution in [0.15, 0.2) is 86.0 Å². The summed E-state index contributed by atoms with van der Waals surface area (Å²) >= 11 is 13.7. The number of hydrogen-bond donors (Lipinski definition) is 1. The first-order valence-electron chi connectivity index (χ1n) is 8.67. The van der Waals surface area contributed by atoms with Gasteiger partial charge in [0.25, 0.3) is 11.8 Å². The number of thiocarbonyl (C=S) groups is 1. The summed E-state index contributed by atoms with van der Waals surface area (Å²) in [6.07, 6.45) is 1.61. The van der Waals surface area contributed by atoms with Crippen LogP contribution in [0.1, 0.15) is 16.1 Å². The SMILES string of the molecule is O=C(NN1C(=O)/C(=C/c2ccc(Sc3ccccc3)o2)SC1=S)c1ccc(Cl)cc1. The van der Waals surface area contributed by atoms with Gasteiger partial charge in [0.15, 0.2) is 9.41 Å². The number of nitrogens with one attached hydrogen (secondary N) is 1. The molecule has 0 saturated carbocycles. The van der Waals surface area contributed by atoms with Crippen molar-refractivity contribution in [2.24, 2.45) is 0 Å². The summed E-state index contributed by atoms with van der Waals surface area (Å²) in [6, 6.07) is 19.8. The number of hydrogen-bond acceptors (Lipinski definition) is 6. The van der Waals surface area contributed by atoms with Crippen molar-refractivity contribution in [2.75, 3.05) is 0 Å². The van der Waals surface area contributed by atoms with Crippen LogP contribution in [0.3, 0.4) is 0 Å². The number of carbonyl (C=O) groups excluding carboxylic acids is 2. The molecule has 2 aromatic carbocycles. The van der Waals surface area contributed by atoms with Gasteiger partial charge in [-0.2, -0.15) is 5.01 Å². The predicted molar refractivity (Wildman–Crippen MR) is 123 cm³/mol. The molecule has 30 heavy (non-hydrogen) atoms. The monoisotopic (exact) mass is 472 g/mol. The Kier molecular flexibility index (Phi) is 6.29. The number of furan rings is 1. The van der Waals surface area contributed by atoms with Gasteiger partial charge in [-0.15, -0.1) is 0 Å². The molecule has 2 amide bonds. The van der Waals surface area contributed by atoms with Gasteiger partial charge in [0.05, 0.1) is 4.91 Å². The van der Waals surface area contributed by atoms with Gasteiger partial charge in [-0.05, 0) is 60.7 Å². The van der Waals surface area contributed by atoms with Crippen molar-refractivity contribution in [1.82, 2.24) is 10.4 Å². The van der Waals surface area contributed by atoms with Gasteiger partial charge in [0.2, 0.25) is 0 Å². The minimum Gasteiger partial charge on any atom is -0.450 e. The van der Waals surface area contributed by atoms with Crippen LogP contribution in [-0.2, 0) is 4.79 Å². The van der Waals surface area contributed by atoms with Crippen LogP contribution in [0.4, 0.5) is 0 Å². The fourth-order valence-electron chi connectivity index (χ4n) is 2.53. The molecule has 0 bridgehead atoms. The number of nitrogens with zero attached hydrogens (tertiary/aromatic N) is 1. The maximum Gasteiger partial charge on any atom is 0.285 e. The molecule has 150 valence electrons. The Bertz CT molecular complexity index is 1140. The van der Waals surface area contributed by atoms with Crippen LogP contribution in [0.25, 0.3) is 6.08 Å². The molecule has 5 nitrogen and oxygen atoms in total. The molecule has 1 aliphatic heterocycles. The number of benzene rings is 2. The predicted octanol–water partition coefficient (Wildman–Crippen LogP) is 5.63. The highest BCUT2D eigenvalue weighted by Gasteiger charge is 2.34. The summed E-state index contributed by atoms with van der Waals surface area (Å²) in [6.45, 7) is 0. The van der Waals surface area contributed by atoms with Crippen molar-refractivity contribution in [3.8, 4) is 0 Å². The fraction of sp³-hybridized carbons (Fsp3) is 0. The molecule has 0 unspecified atom stereocenters. The third kappa shape index (κ3) is 4.79. The molecule has 1 aliphatic rings. The number of rotatable bonds is 5. The summed E-state index contributed by atoms with van der Waals surface area (Å²) in [4.78, 5) is 26.5. The Morgan fingerprint density at radius 2 is 1.83 bits per heavy atom. The van der Waals surface area contributed by atoms with E-state index in [2.05, 4.69) is 5.43 Å². The summed E-state index contributed by atoms with van der Waals surface area (Å²) < 4.78 is 6.02. The Balaban J connectivity index is 1.45. The molecular weight excluding hydrogens is 460 g/mol. The van der Waals surface area contributed by atoms with Crippen LogP contribution < -0.4 is 5.43 Å². The second-order valence-corrected chi connectivity index (χ2v) is 9.23. The number of hydrazine groups is 1. The zero-order valence-electron chi connectivity index (χ0n) is 15.2. The van der Waals surface area contributed by atoms with Crippen LogP contribution >= 0.6 is 47.3 Å². The number of carbonyl (C=O) groups is 2. The minimum absolute atomic E-state index is 0.235. The van der Waals surface area contributed by atoms with Gasteiger partial charge in [0.1, 0.15) is 5.76 Å². The topological polar surface area (TPSA) is 62.6 Å². The van der Waals surface area contributed by atoms with Crippen LogP contribution in [0.2, 0.25) is 5.02 Å². The van der Waals surface area contributed by atoms with Gasteiger partial charge in [-0.3, -0.25) is 15.0 Å². The van der Waals surface area contributed by atoms with E-state index in [1.165, 1.54) is 11.8 Å². The molecule has 0 atom stereocenters. The van der Waals surface area contributed by atoms with E-state index in [1.807, 2.05) is 36.4 Å². The van der Waals surface area contributed by atoms with Gasteiger partial charge in [-0.1, -0.05) is 53.3 Å². The standard InChI is InChI=1S/C21H13ClN2O3S3/c22-14-8-6-13(7-9-14)19(25)23-24-20(26)17(30-21(24)28)12-15-10-11-18(27-15)29-16-4-2-1-3-5-16/h1-12H,(H,23,25)/b17-12-. The van der Waals surface area contributed by atoms with E-state index >= 15 is 0 Å².